The van der Waals surface area contributed by atoms with E-state index in [0.29, 0.717) is 10.3 Å². The van der Waals surface area contributed by atoms with Crippen LogP contribution in [0.25, 0.3) is 0 Å². The van der Waals surface area contributed by atoms with E-state index < -0.39 is 27.2 Å². The fourth-order valence-electron chi connectivity index (χ4n) is 2.83. The maximum atomic E-state index is 13.6. The van der Waals surface area contributed by atoms with Crippen LogP contribution in [0.15, 0.2) is 23.2 Å². The zero-order valence-electron chi connectivity index (χ0n) is 15.1. The van der Waals surface area contributed by atoms with Crippen molar-refractivity contribution in [1.82, 2.24) is 14.9 Å². The lowest BCUT2D eigenvalue weighted by Crippen LogP contribution is -2.51. The molecule has 1 saturated heterocycles. The number of hydrogen-bond donors (Lipinski definition) is 2. The van der Waals surface area contributed by atoms with Crippen LogP contribution in [0, 0.1) is 11.6 Å². The highest BCUT2D eigenvalue weighted by Crippen LogP contribution is 2.28. The summed E-state index contributed by atoms with van der Waals surface area (Å²) in [4.78, 5) is 3.98. The predicted molar refractivity (Wildman–Crippen MR) is 94.1 cm³/mol. The average molecular weight is 428 g/mol. The van der Waals surface area contributed by atoms with Crippen molar-refractivity contribution in [1.29, 1.82) is 0 Å². The molecule has 0 bridgehead atoms. The normalized spacial score (nSPS) is 17.6. The Balaban J connectivity index is 1.82. The van der Waals surface area contributed by atoms with Gasteiger partial charge in [0.15, 0.2) is 5.96 Å². The maximum absolute atomic E-state index is 13.6. The molecular formula is C16H21F5N4O2S. The van der Waals surface area contributed by atoms with E-state index >= 15 is 0 Å². The van der Waals surface area contributed by atoms with E-state index in [1.165, 1.54) is 7.05 Å². The summed E-state index contributed by atoms with van der Waals surface area (Å²) >= 11 is 0. The smallest absolute Gasteiger partial charge is 0.356 e. The van der Waals surface area contributed by atoms with Gasteiger partial charge in [0, 0.05) is 32.7 Å². The van der Waals surface area contributed by atoms with Crippen LogP contribution in [0.1, 0.15) is 18.4 Å². The number of rotatable bonds is 5. The van der Waals surface area contributed by atoms with E-state index in [-0.39, 0.29) is 50.5 Å². The van der Waals surface area contributed by atoms with Crippen LogP contribution in [-0.4, -0.2) is 56.9 Å². The Kier molecular flexibility index (Phi) is 7.21. The quantitative estimate of drug-likeness (QED) is 0.428. The molecule has 0 aromatic heterocycles. The van der Waals surface area contributed by atoms with Gasteiger partial charge in [0.1, 0.15) is 11.6 Å². The van der Waals surface area contributed by atoms with Crippen LogP contribution in [0.3, 0.4) is 0 Å². The molecule has 0 unspecified atom stereocenters. The highest BCUT2D eigenvalue weighted by atomic mass is 32.2. The van der Waals surface area contributed by atoms with Gasteiger partial charge >= 0.3 is 15.5 Å². The van der Waals surface area contributed by atoms with E-state index in [9.17, 15) is 30.4 Å². The minimum atomic E-state index is -5.32. The summed E-state index contributed by atoms with van der Waals surface area (Å²) in [5.41, 5.74) is -5.11. The summed E-state index contributed by atoms with van der Waals surface area (Å²) in [6, 6.07) is 2.90. The molecular weight excluding hydrogens is 407 g/mol. The highest BCUT2D eigenvalue weighted by molar-refractivity contribution is 7.90. The fourth-order valence-corrected chi connectivity index (χ4v) is 3.81. The first kappa shape index (κ1) is 22.3. The Morgan fingerprint density at radius 3 is 2.46 bits per heavy atom. The van der Waals surface area contributed by atoms with E-state index in [1.807, 2.05) is 0 Å². The summed E-state index contributed by atoms with van der Waals surface area (Å²) in [5.74, 6) is -0.724. The lowest BCUT2D eigenvalue weighted by atomic mass is 10.1. The van der Waals surface area contributed by atoms with Gasteiger partial charge in [-0.3, -0.25) is 4.99 Å². The van der Waals surface area contributed by atoms with E-state index in [0.717, 1.165) is 18.2 Å². The minimum absolute atomic E-state index is 0.175. The molecule has 0 amide bonds. The molecule has 2 rings (SSSR count). The van der Waals surface area contributed by atoms with Gasteiger partial charge in [-0.2, -0.15) is 17.5 Å². The van der Waals surface area contributed by atoms with Crippen LogP contribution in [0.5, 0.6) is 0 Å². The van der Waals surface area contributed by atoms with Gasteiger partial charge in [0.2, 0.25) is 0 Å². The summed E-state index contributed by atoms with van der Waals surface area (Å²) in [6.07, 6.45) is 0.551. The molecule has 0 atom stereocenters. The molecule has 12 heteroatoms. The van der Waals surface area contributed by atoms with Crippen molar-refractivity contribution in [3.05, 3.63) is 35.4 Å². The number of hydrogen-bond acceptors (Lipinski definition) is 3. The number of benzene rings is 1. The third kappa shape index (κ3) is 5.53. The number of alkyl halides is 3. The molecule has 28 heavy (non-hydrogen) atoms. The topological polar surface area (TPSA) is 73.8 Å². The Bertz CT molecular complexity index is 806. The number of sulfonamides is 1. The third-order valence-electron chi connectivity index (χ3n) is 4.35. The lowest BCUT2D eigenvalue weighted by molar-refractivity contribution is -0.0494. The Labute approximate surface area is 159 Å². The Hall–Kier alpha value is -1.95. The molecule has 6 nitrogen and oxygen atoms in total. The highest BCUT2D eigenvalue weighted by Gasteiger charge is 2.50. The molecule has 2 N–H and O–H groups in total. The molecule has 1 aliphatic heterocycles. The van der Waals surface area contributed by atoms with E-state index in [1.54, 1.807) is 0 Å². The van der Waals surface area contributed by atoms with Gasteiger partial charge in [0.25, 0.3) is 0 Å². The number of guanidine groups is 1. The molecule has 1 aromatic carbocycles. The van der Waals surface area contributed by atoms with Crippen molar-refractivity contribution in [2.24, 2.45) is 4.99 Å². The number of nitrogens with zero attached hydrogens (tertiary/aromatic N) is 2. The van der Waals surface area contributed by atoms with E-state index in [4.69, 9.17) is 0 Å². The number of halogens is 5. The molecule has 1 aromatic rings. The number of aliphatic imine (C=N–C) groups is 1. The standard InChI is InChI=1S/C16H21F5N4O2S/c1-22-15(23-7-4-11-10-12(17)2-3-14(11)18)24-13-5-8-25(9-6-13)28(26,27)16(19,20)21/h2-3,10,13H,4-9H2,1H3,(H2,22,23,24). The first-order chi connectivity index (χ1) is 13.0. The molecule has 0 radical (unpaired) electrons. The summed E-state index contributed by atoms with van der Waals surface area (Å²) in [7, 11) is -3.83. The first-order valence-electron chi connectivity index (χ1n) is 8.52. The van der Waals surface area contributed by atoms with E-state index in [2.05, 4.69) is 15.6 Å². The van der Waals surface area contributed by atoms with Crippen LogP contribution in [0.2, 0.25) is 0 Å². The van der Waals surface area contributed by atoms with Crippen LogP contribution < -0.4 is 10.6 Å². The van der Waals surface area contributed by atoms with Crippen LogP contribution >= 0.6 is 0 Å². The summed E-state index contributed by atoms with van der Waals surface area (Å²) in [6.45, 7) is -0.267. The molecule has 158 valence electrons. The molecule has 0 spiro atoms. The van der Waals surface area contributed by atoms with Gasteiger partial charge < -0.3 is 10.6 Å². The van der Waals surface area contributed by atoms with Gasteiger partial charge in [0.05, 0.1) is 0 Å². The van der Waals surface area contributed by atoms with Gasteiger partial charge in [-0.1, -0.05) is 0 Å². The fraction of sp³-hybridized carbons (Fsp3) is 0.562. The van der Waals surface area contributed by atoms with Gasteiger partial charge in [-0.25, -0.2) is 17.2 Å². The Morgan fingerprint density at radius 1 is 1.25 bits per heavy atom. The third-order valence-corrected chi connectivity index (χ3v) is 5.98. The van der Waals surface area contributed by atoms with Crippen molar-refractivity contribution in [2.45, 2.75) is 30.8 Å². The zero-order chi connectivity index (χ0) is 20.9. The summed E-state index contributed by atoms with van der Waals surface area (Å²) in [5, 5.41) is 5.91. The second kappa shape index (κ2) is 9.03. The molecule has 1 heterocycles. The monoisotopic (exact) mass is 428 g/mol. The van der Waals surface area contributed by atoms with Crippen molar-refractivity contribution in [3.8, 4) is 0 Å². The second-order valence-electron chi connectivity index (χ2n) is 6.25. The van der Waals surface area contributed by atoms with Crippen LogP contribution in [-0.2, 0) is 16.4 Å². The van der Waals surface area contributed by atoms with Crippen LogP contribution in [0.4, 0.5) is 22.0 Å². The molecule has 0 saturated carbocycles. The second-order valence-corrected chi connectivity index (χ2v) is 8.18. The maximum Gasteiger partial charge on any atom is 0.511 e. The van der Waals surface area contributed by atoms with Crippen molar-refractivity contribution >= 4 is 16.0 Å². The molecule has 1 fully saturated rings. The first-order valence-corrected chi connectivity index (χ1v) is 9.96. The van der Waals surface area contributed by atoms with Crippen molar-refractivity contribution in [3.63, 3.8) is 0 Å². The number of piperidine rings is 1. The summed E-state index contributed by atoms with van der Waals surface area (Å²) < 4.78 is 87.8. The predicted octanol–water partition coefficient (Wildman–Crippen LogP) is 1.99. The number of nitrogens with one attached hydrogen (secondary N) is 2. The SMILES string of the molecule is CN=C(NCCc1cc(F)ccc1F)NC1CCN(S(=O)(=O)C(F)(F)F)CC1. The zero-order valence-corrected chi connectivity index (χ0v) is 15.9. The van der Waals surface area contributed by atoms with Gasteiger partial charge in [-0.05, 0) is 43.0 Å². The van der Waals surface area contributed by atoms with Crippen molar-refractivity contribution in [2.75, 3.05) is 26.7 Å². The molecule has 1 aliphatic rings. The Morgan fingerprint density at radius 2 is 1.89 bits per heavy atom. The largest absolute Gasteiger partial charge is 0.511 e. The van der Waals surface area contributed by atoms with Gasteiger partial charge in [-0.15, -0.1) is 0 Å². The minimum Gasteiger partial charge on any atom is -0.356 e. The lowest BCUT2D eigenvalue weighted by Gasteiger charge is -2.32. The molecule has 0 aliphatic carbocycles. The van der Waals surface area contributed by atoms with Crippen molar-refractivity contribution < 1.29 is 30.4 Å². The average Bonchev–Trinajstić information content (AvgIpc) is 2.63.